The van der Waals surface area contributed by atoms with Gasteiger partial charge in [0, 0.05) is 12.8 Å². The zero-order chi connectivity index (χ0) is 57.1. The van der Waals surface area contributed by atoms with Crippen molar-refractivity contribution in [1.82, 2.24) is 5.32 Å². The molecule has 0 aromatic rings. The van der Waals surface area contributed by atoms with Gasteiger partial charge in [-0.1, -0.05) is 366 Å². The molecular weight excluding hydrogens is 971 g/mol. The minimum absolute atomic E-state index is 0.0144. The predicted molar refractivity (Wildman–Crippen MR) is 347 cm³/mol. The number of amides is 1. The molecule has 0 saturated heterocycles. The number of hydrogen-bond acceptors (Lipinski definition) is 5. The van der Waals surface area contributed by atoms with Crippen LogP contribution in [0.15, 0.2) is 12.2 Å². The molecule has 0 rings (SSSR count). The molecule has 6 nitrogen and oxygen atoms in total. The summed E-state index contributed by atoms with van der Waals surface area (Å²) in [6, 6.07) is -0.548. The molecule has 6 heteroatoms. The molecule has 0 aliphatic heterocycles. The highest BCUT2D eigenvalue weighted by atomic mass is 16.5. The molecule has 0 fully saturated rings. The number of aliphatic hydroxyl groups is 2. The molecule has 0 bridgehead atoms. The summed E-state index contributed by atoms with van der Waals surface area (Å²) in [6.45, 7) is 5.00. The lowest BCUT2D eigenvalue weighted by atomic mass is 10.0. The second kappa shape index (κ2) is 69.1. The Kier molecular flexibility index (Phi) is 67.9. The maximum Gasteiger partial charge on any atom is 0.305 e. The largest absolute Gasteiger partial charge is 0.466 e. The lowest BCUT2D eigenvalue weighted by molar-refractivity contribution is -0.143. The molecule has 0 radical (unpaired) electrons. The van der Waals surface area contributed by atoms with E-state index in [-0.39, 0.29) is 18.5 Å². The van der Waals surface area contributed by atoms with Gasteiger partial charge in [0.2, 0.25) is 5.91 Å². The lowest BCUT2D eigenvalue weighted by Gasteiger charge is -2.22. The first-order chi connectivity index (χ1) is 39.0. The van der Waals surface area contributed by atoms with Crippen LogP contribution in [0.1, 0.15) is 418 Å². The molecule has 1 amide bonds. The van der Waals surface area contributed by atoms with Crippen LogP contribution in [0.4, 0.5) is 0 Å². The topological polar surface area (TPSA) is 95.9 Å². The Labute approximate surface area is 495 Å². The summed E-state index contributed by atoms with van der Waals surface area (Å²) in [7, 11) is 0. The summed E-state index contributed by atoms with van der Waals surface area (Å²) in [5, 5.41) is 23.4. The van der Waals surface area contributed by atoms with Crippen molar-refractivity contribution in [2.24, 2.45) is 0 Å². The van der Waals surface area contributed by atoms with Gasteiger partial charge in [-0.15, -0.1) is 0 Å². The molecule has 0 spiro atoms. The van der Waals surface area contributed by atoms with Gasteiger partial charge in [0.15, 0.2) is 0 Å². The van der Waals surface area contributed by atoms with Gasteiger partial charge in [0.05, 0.1) is 25.4 Å². The fourth-order valence-corrected chi connectivity index (χ4v) is 11.8. The molecule has 0 saturated carbocycles. The third-order valence-electron chi connectivity index (χ3n) is 17.3. The Bertz CT molecular complexity index is 1190. The molecule has 470 valence electrons. The van der Waals surface area contributed by atoms with Crippen LogP contribution in [0.25, 0.3) is 0 Å². The summed E-state index contributed by atoms with van der Waals surface area (Å²) in [4.78, 5) is 24.7. The van der Waals surface area contributed by atoms with Crippen LogP contribution >= 0.6 is 0 Å². The van der Waals surface area contributed by atoms with E-state index in [9.17, 15) is 19.8 Å². The maximum absolute atomic E-state index is 12.5. The quantitative estimate of drug-likeness (QED) is 0.0320. The standard InChI is InChI=1S/C73H143NO5/c1-3-5-7-9-11-13-15-17-19-21-23-24-26-30-33-37-41-45-49-53-57-61-65-71(76)70(69-75)74-72(77)66-62-58-54-50-46-42-38-34-31-27-25-28-32-36-40-44-48-52-56-60-64-68-79-73(78)67-63-59-55-51-47-43-39-35-29-22-20-18-16-14-12-10-8-6-4-2/h27,31,70-71,75-76H,3-26,28-30,32-69H2,1-2H3,(H,74,77)/b31-27-. The SMILES string of the molecule is CCCCCCCCCCCCCCCCCCCCCCCCC(O)C(CO)NC(=O)CCCCCCCCC/C=C\CCCCCCCCCCCCOC(=O)CCCCCCCCCCCCCCCCCCCCC. The number of aliphatic hydroxyl groups excluding tert-OH is 2. The summed E-state index contributed by atoms with van der Waals surface area (Å²) in [5.74, 6) is -0.0231. The number of carbonyl (C=O) groups excluding carboxylic acids is 2. The van der Waals surface area contributed by atoms with Crippen molar-refractivity contribution in [3.8, 4) is 0 Å². The van der Waals surface area contributed by atoms with Gasteiger partial charge in [0.25, 0.3) is 0 Å². The van der Waals surface area contributed by atoms with Crippen LogP contribution in [0, 0.1) is 0 Å². The summed E-state index contributed by atoms with van der Waals surface area (Å²) in [6.07, 6.45) is 85.5. The van der Waals surface area contributed by atoms with Gasteiger partial charge in [-0.2, -0.15) is 0 Å². The van der Waals surface area contributed by atoms with Crippen LogP contribution in [-0.4, -0.2) is 47.4 Å². The lowest BCUT2D eigenvalue weighted by Crippen LogP contribution is -2.45. The summed E-state index contributed by atoms with van der Waals surface area (Å²) >= 11 is 0. The van der Waals surface area contributed by atoms with E-state index in [1.54, 1.807) is 0 Å². The Balaban J connectivity index is 3.39. The van der Waals surface area contributed by atoms with Crippen LogP contribution in [0.5, 0.6) is 0 Å². The van der Waals surface area contributed by atoms with Crippen LogP contribution in [0.3, 0.4) is 0 Å². The van der Waals surface area contributed by atoms with Gasteiger partial charge in [0.1, 0.15) is 0 Å². The number of nitrogens with one attached hydrogen (secondary N) is 1. The van der Waals surface area contributed by atoms with Crippen molar-refractivity contribution < 1.29 is 24.5 Å². The van der Waals surface area contributed by atoms with E-state index in [2.05, 4.69) is 31.3 Å². The van der Waals surface area contributed by atoms with E-state index in [1.807, 2.05) is 0 Å². The van der Waals surface area contributed by atoms with Crippen molar-refractivity contribution in [3.05, 3.63) is 12.2 Å². The molecule has 0 aliphatic rings. The average Bonchev–Trinajstić information content (AvgIpc) is 3.45. The molecule has 0 aromatic carbocycles. The molecule has 3 N–H and O–H groups in total. The minimum atomic E-state index is -0.670. The first kappa shape index (κ1) is 77.6. The zero-order valence-electron chi connectivity index (χ0n) is 53.9. The van der Waals surface area contributed by atoms with Crippen molar-refractivity contribution in [2.45, 2.75) is 431 Å². The third kappa shape index (κ3) is 65.6. The van der Waals surface area contributed by atoms with Gasteiger partial charge < -0.3 is 20.3 Å². The fourth-order valence-electron chi connectivity index (χ4n) is 11.8. The molecule has 79 heavy (non-hydrogen) atoms. The predicted octanol–water partition coefficient (Wildman–Crippen LogP) is 23.5. The number of ether oxygens (including phenoxy) is 1. The molecular formula is C73H143NO5. The second-order valence-corrected chi connectivity index (χ2v) is 25.3. The van der Waals surface area contributed by atoms with Crippen LogP contribution in [0.2, 0.25) is 0 Å². The van der Waals surface area contributed by atoms with Crippen LogP contribution < -0.4 is 5.32 Å². The van der Waals surface area contributed by atoms with E-state index < -0.39 is 12.1 Å². The Morgan fingerprint density at radius 3 is 0.899 bits per heavy atom. The average molecular weight is 1110 g/mol. The van der Waals surface area contributed by atoms with E-state index in [4.69, 9.17) is 4.74 Å². The number of carbonyl (C=O) groups is 2. The number of rotatable bonds is 69. The first-order valence-corrected chi connectivity index (χ1v) is 36.4. The van der Waals surface area contributed by atoms with E-state index in [0.29, 0.717) is 25.9 Å². The highest BCUT2D eigenvalue weighted by Gasteiger charge is 2.20. The Hall–Kier alpha value is -1.40. The Morgan fingerprint density at radius 2 is 0.595 bits per heavy atom. The van der Waals surface area contributed by atoms with Crippen molar-refractivity contribution in [3.63, 3.8) is 0 Å². The van der Waals surface area contributed by atoms with E-state index in [1.165, 1.54) is 347 Å². The number of unbranched alkanes of at least 4 members (excludes halogenated alkanes) is 56. The third-order valence-corrected chi connectivity index (χ3v) is 17.3. The maximum atomic E-state index is 12.5. The molecule has 2 atom stereocenters. The van der Waals surface area contributed by atoms with Crippen molar-refractivity contribution in [2.75, 3.05) is 13.2 Å². The summed E-state index contributed by atoms with van der Waals surface area (Å²) in [5.41, 5.74) is 0. The van der Waals surface area contributed by atoms with Gasteiger partial charge in [-0.05, 0) is 51.4 Å². The van der Waals surface area contributed by atoms with Gasteiger partial charge in [-0.3, -0.25) is 9.59 Å². The molecule has 2 unspecified atom stereocenters. The monoisotopic (exact) mass is 1110 g/mol. The fraction of sp³-hybridized carbons (Fsp3) is 0.945. The number of hydrogen-bond donors (Lipinski definition) is 3. The van der Waals surface area contributed by atoms with Crippen molar-refractivity contribution >= 4 is 11.9 Å². The normalized spacial score (nSPS) is 12.5. The van der Waals surface area contributed by atoms with Gasteiger partial charge >= 0.3 is 5.97 Å². The highest BCUT2D eigenvalue weighted by molar-refractivity contribution is 5.76. The minimum Gasteiger partial charge on any atom is -0.466 e. The molecule has 0 aliphatic carbocycles. The van der Waals surface area contributed by atoms with Crippen molar-refractivity contribution in [1.29, 1.82) is 0 Å². The molecule has 0 heterocycles. The van der Waals surface area contributed by atoms with E-state index in [0.717, 1.165) is 38.5 Å². The molecule has 0 aromatic heterocycles. The highest BCUT2D eigenvalue weighted by Crippen LogP contribution is 2.19. The zero-order valence-corrected chi connectivity index (χ0v) is 53.9. The number of allylic oxidation sites excluding steroid dienone is 2. The van der Waals surface area contributed by atoms with Gasteiger partial charge in [-0.25, -0.2) is 0 Å². The smallest absolute Gasteiger partial charge is 0.305 e. The summed E-state index contributed by atoms with van der Waals surface area (Å²) < 4.78 is 5.51. The van der Waals surface area contributed by atoms with Crippen LogP contribution in [-0.2, 0) is 14.3 Å². The number of esters is 1. The Morgan fingerprint density at radius 1 is 0.342 bits per heavy atom. The van der Waals surface area contributed by atoms with E-state index >= 15 is 0 Å². The second-order valence-electron chi connectivity index (χ2n) is 25.3. The first-order valence-electron chi connectivity index (χ1n) is 36.4.